The van der Waals surface area contributed by atoms with E-state index in [1.165, 1.54) is 12.3 Å². The van der Waals surface area contributed by atoms with E-state index < -0.39 is 23.6 Å². The number of morpholine rings is 1. The van der Waals surface area contributed by atoms with Crippen molar-refractivity contribution in [2.24, 2.45) is 0 Å². The Balaban J connectivity index is 1.44. The van der Waals surface area contributed by atoms with Crippen LogP contribution in [0.1, 0.15) is 46.8 Å². The average molecular weight is 481 g/mol. The largest absolute Gasteiger partial charge is 0.387 e. The van der Waals surface area contributed by atoms with Gasteiger partial charge in [-0.3, -0.25) is 14.8 Å². The minimum absolute atomic E-state index is 0.0986. The second kappa shape index (κ2) is 8.98. The predicted molar refractivity (Wildman–Crippen MR) is 128 cm³/mol. The van der Waals surface area contributed by atoms with Gasteiger partial charge >= 0.3 is 0 Å². The van der Waals surface area contributed by atoms with Crippen LogP contribution in [0.2, 0.25) is 0 Å². The molecular weight excluding hydrogens is 454 g/mol. The number of rotatable bonds is 4. The lowest BCUT2D eigenvalue weighted by Gasteiger charge is -2.43. The Morgan fingerprint density at radius 2 is 2.06 bits per heavy atom. The van der Waals surface area contributed by atoms with Crippen molar-refractivity contribution in [2.75, 3.05) is 30.0 Å². The van der Waals surface area contributed by atoms with E-state index in [0.29, 0.717) is 31.0 Å². The Bertz CT molecular complexity index is 1280. The summed E-state index contributed by atoms with van der Waals surface area (Å²) in [6, 6.07) is 10.1. The molecule has 2 aromatic heterocycles. The molecule has 0 saturated carbocycles. The van der Waals surface area contributed by atoms with E-state index in [2.05, 4.69) is 20.2 Å². The molecule has 1 aromatic carbocycles. The number of alkyl halides is 2. The quantitative estimate of drug-likeness (QED) is 0.574. The molecule has 0 spiro atoms. The number of amides is 1. The summed E-state index contributed by atoms with van der Waals surface area (Å²) in [6.45, 7) is 4.63. The number of anilines is 2. The number of benzene rings is 1. The van der Waals surface area contributed by atoms with Gasteiger partial charge in [0.2, 0.25) is 0 Å². The summed E-state index contributed by atoms with van der Waals surface area (Å²) in [6.07, 6.45) is 2.87. The molecule has 0 bridgehead atoms. The SMILES string of the molecule is Cc1ccc(NC(=O)c2ccnc(C(C)(F)F)c2)cc1-c1cnc2c(c1)N1CCOC[C@@H]1C[C@@H]2O. The number of pyridine rings is 2. The summed E-state index contributed by atoms with van der Waals surface area (Å²) >= 11 is 0. The third kappa shape index (κ3) is 4.61. The number of hydrogen-bond donors (Lipinski definition) is 2. The molecule has 4 heterocycles. The third-order valence-corrected chi connectivity index (χ3v) is 6.52. The van der Waals surface area contributed by atoms with Crippen molar-refractivity contribution in [1.82, 2.24) is 9.97 Å². The highest BCUT2D eigenvalue weighted by molar-refractivity contribution is 6.04. The van der Waals surface area contributed by atoms with E-state index in [-0.39, 0.29) is 11.6 Å². The highest BCUT2D eigenvalue weighted by Crippen LogP contribution is 2.39. The van der Waals surface area contributed by atoms with Gasteiger partial charge in [0, 0.05) is 49.1 Å². The van der Waals surface area contributed by atoms with Crippen molar-refractivity contribution >= 4 is 17.3 Å². The zero-order chi connectivity index (χ0) is 24.7. The minimum Gasteiger partial charge on any atom is -0.387 e. The molecule has 35 heavy (non-hydrogen) atoms. The van der Waals surface area contributed by atoms with Crippen LogP contribution < -0.4 is 10.2 Å². The molecule has 1 saturated heterocycles. The van der Waals surface area contributed by atoms with Gasteiger partial charge in [-0.15, -0.1) is 0 Å². The number of fused-ring (bicyclic) bond motifs is 3. The summed E-state index contributed by atoms with van der Waals surface area (Å²) in [5, 5.41) is 13.4. The van der Waals surface area contributed by atoms with E-state index in [1.807, 2.05) is 25.1 Å². The number of aliphatic hydroxyl groups is 1. The maximum absolute atomic E-state index is 13.6. The van der Waals surface area contributed by atoms with Crippen molar-refractivity contribution < 1.29 is 23.4 Å². The first kappa shape index (κ1) is 23.3. The van der Waals surface area contributed by atoms with Crippen molar-refractivity contribution in [3.8, 4) is 11.1 Å². The highest BCUT2D eigenvalue weighted by atomic mass is 19.3. The molecule has 1 fully saturated rings. The van der Waals surface area contributed by atoms with Gasteiger partial charge in [0.1, 0.15) is 11.8 Å². The van der Waals surface area contributed by atoms with Crippen LogP contribution in [0.5, 0.6) is 0 Å². The molecular formula is C26H26F2N4O3. The van der Waals surface area contributed by atoms with Crippen LogP contribution in [0.4, 0.5) is 20.2 Å². The summed E-state index contributed by atoms with van der Waals surface area (Å²) in [7, 11) is 0. The number of aromatic nitrogens is 2. The molecule has 182 valence electrons. The standard InChI is InChI=1S/C26H26F2N4O3/c1-15-3-4-18(31-25(34)16-5-6-29-23(10-16)26(2,27)28)11-20(15)17-9-21-24(30-13-17)22(33)12-19-14-35-8-7-32(19)21/h3-6,9-11,13,19,22,33H,7-8,12,14H2,1-2H3,(H,31,34)/t19-,22-/m0/s1. The van der Waals surface area contributed by atoms with Crippen molar-refractivity contribution in [1.29, 1.82) is 0 Å². The lowest BCUT2D eigenvalue weighted by atomic mass is 9.94. The maximum Gasteiger partial charge on any atom is 0.286 e. The molecule has 9 heteroatoms. The van der Waals surface area contributed by atoms with Crippen molar-refractivity contribution in [2.45, 2.75) is 38.3 Å². The van der Waals surface area contributed by atoms with Gasteiger partial charge in [-0.05, 0) is 48.4 Å². The first-order valence-corrected chi connectivity index (χ1v) is 11.5. The van der Waals surface area contributed by atoms with Crippen LogP contribution in [0.3, 0.4) is 0 Å². The van der Waals surface area contributed by atoms with E-state index in [1.54, 1.807) is 12.3 Å². The molecule has 3 aromatic rings. The number of ether oxygens (including phenoxy) is 1. The van der Waals surface area contributed by atoms with Crippen LogP contribution >= 0.6 is 0 Å². The Kier molecular flexibility index (Phi) is 5.98. The first-order valence-electron chi connectivity index (χ1n) is 11.5. The Labute approximate surface area is 201 Å². The smallest absolute Gasteiger partial charge is 0.286 e. The molecule has 1 amide bonds. The normalized spacial score (nSPS) is 19.6. The van der Waals surface area contributed by atoms with Gasteiger partial charge in [0.15, 0.2) is 0 Å². The monoisotopic (exact) mass is 480 g/mol. The number of carbonyl (C=O) groups is 1. The van der Waals surface area contributed by atoms with Gasteiger partial charge < -0.3 is 20.1 Å². The zero-order valence-electron chi connectivity index (χ0n) is 19.5. The lowest BCUT2D eigenvalue weighted by molar-refractivity contribution is 0.0127. The average Bonchev–Trinajstić information content (AvgIpc) is 2.84. The Morgan fingerprint density at radius 1 is 1.23 bits per heavy atom. The van der Waals surface area contributed by atoms with Crippen LogP contribution in [0, 0.1) is 6.92 Å². The molecule has 0 aliphatic carbocycles. The van der Waals surface area contributed by atoms with Crippen LogP contribution in [-0.2, 0) is 10.7 Å². The second-order valence-corrected chi connectivity index (χ2v) is 9.10. The molecule has 2 aliphatic heterocycles. The highest BCUT2D eigenvalue weighted by Gasteiger charge is 2.35. The van der Waals surface area contributed by atoms with Crippen LogP contribution in [0.15, 0.2) is 48.8 Å². The van der Waals surface area contributed by atoms with Gasteiger partial charge in [-0.2, -0.15) is 8.78 Å². The van der Waals surface area contributed by atoms with Crippen molar-refractivity contribution in [3.05, 3.63) is 71.3 Å². The Morgan fingerprint density at radius 3 is 2.86 bits per heavy atom. The molecule has 2 aliphatic rings. The fourth-order valence-corrected chi connectivity index (χ4v) is 4.66. The van der Waals surface area contributed by atoms with E-state index in [9.17, 15) is 18.7 Å². The number of nitrogens with zero attached hydrogens (tertiary/aromatic N) is 3. The van der Waals surface area contributed by atoms with E-state index in [0.717, 1.165) is 41.9 Å². The first-order chi connectivity index (χ1) is 16.7. The van der Waals surface area contributed by atoms with Gasteiger partial charge in [-0.25, -0.2) is 0 Å². The minimum atomic E-state index is -3.14. The van der Waals surface area contributed by atoms with Crippen LogP contribution in [0.25, 0.3) is 11.1 Å². The summed E-state index contributed by atoms with van der Waals surface area (Å²) in [5.74, 6) is -3.64. The Hall–Kier alpha value is -3.43. The molecule has 2 N–H and O–H groups in total. The van der Waals surface area contributed by atoms with Gasteiger partial charge in [0.25, 0.3) is 11.8 Å². The predicted octanol–water partition coefficient (Wildman–Crippen LogP) is 4.46. The van der Waals surface area contributed by atoms with Crippen molar-refractivity contribution in [3.63, 3.8) is 0 Å². The van der Waals surface area contributed by atoms with E-state index >= 15 is 0 Å². The number of hydrogen-bond acceptors (Lipinski definition) is 6. The molecule has 0 radical (unpaired) electrons. The number of aliphatic hydroxyl groups excluding tert-OH is 1. The van der Waals surface area contributed by atoms with Crippen LogP contribution in [-0.4, -0.2) is 46.8 Å². The maximum atomic E-state index is 13.6. The number of carbonyl (C=O) groups excluding carboxylic acids is 1. The summed E-state index contributed by atoms with van der Waals surface area (Å²) in [4.78, 5) is 23.3. The lowest BCUT2D eigenvalue weighted by Crippen LogP contribution is -2.49. The topological polar surface area (TPSA) is 87.6 Å². The summed E-state index contributed by atoms with van der Waals surface area (Å²) < 4.78 is 32.9. The third-order valence-electron chi connectivity index (χ3n) is 6.52. The molecule has 2 atom stereocenters. The molecule has 7 nitrogen and oxygen atoms in total. The molecule has 0 unspecified atom stereocenters. The number of aryl methyl sites for hydroxylation is 1. The van der Waals surface area contributed by atoms with E-state index in [4.69, 9.17) is 4.74 Å². The summed E-state index contributed by atoms with van der Waals surface area (Å²) in [5.41, 5.74) is 4.44. The second-order valence-electron chi connectivity index (χ2n) is 9.10. The fraction of sp³-hybridized carbons (Fsp3) is 0.346. The number of nitrogens with one attached hydrogen (secondary N) is 1. The van der Waals surface area contributed by atoms with Gasteiger partial charge in [0.05, 0.1) is 30.6 Å². The fourth-order valence-electron chi connectivity index (χ4n) is 4.66. The zero-order valence-corrected chi connectivity index (χ0v) is 19.5. The molecule has 5 rings (SSSR count). The van der Waals surface area contributed by atoms with Gasteiger partial charge in [-0.1, -0.05) is 6.07 Å². The number of halogens is 2.